The Hall–Kier alpha value is -0.220. The minimum Gasteiger partial charge on any atom is -0.378 e. The standard InChI is InChI=1S/C9H15NO2S/c1-7-8(2-4-12-7)9(11)10-3-5-13-6-10/h7-8H,2-6H2,1H3. The molecule has 0 aromatic carbocycles. The Morgan fingerprint density at radius 1 is 1.62 bits per heavy atom. The van der Waals surface area contributed by atoms with Crippen LogP contribution in [0.4, 0.5) is 0 Å². The molecule has 2 unspecified atom stereocenters. The van der Waals surface area contributed by atoms with Gasteiger partial charge in [0.2, 0.25) is 5.91 Å². The summed E-state index contributed by atoms with van der Waals surface area (Å²) in [4.78, 5) is 13.8. The molecule has 2 aliphatic rings. The molecule has 2 rings (SSSR count). The zero-order valence-corrected chi connectivity index (χ0v) is 8.68. The normalized spacial score (nSPS) is 34.1. The van der Waals surface area contributed by atoms with Crippen molar-refractivity contribution in [2.45, 2.75) is 19.4 Å². The Labute approximate surface area is 82.8 Å². The second-order valence-electron chi connectivity index (χ2n) is 3.61. The van der Waals surface area contributed by atoms with Crippen LogP contribution in [-0.2, 0) is 9.53 Å². The lowest BCUT2D eigenvalue weighted by molar-refractivity contribution is -0.135. The molecule has 1 amide bonds. The Morgan fingerprint density at radius 3 is 3.00 bits per heavy atom. The SMILES string of the molecule is CC1OCCC1C(=O)N1CCSC1. The molecule has 4 heteroatoms. The molecule has 0 spiro atoms. The topological polar surface area (TPSA) is 29.5 Å². The molecule has 2 aliphatic heterocycles. The number of thioether (sulfide) groups is 1. The molecule has 0 N–H and O–H groups in total. The summed E-state index contributed by atoms with van der Waals surface area (Å²) in [5, 5.41) is 0. The average Bonchev–Trinajstić information content (AvgIpc) is 2.72. The van der Waals surface area contributed by atoms with Gasteiger partial charge < -0.3 is 9.64 Å². The maximum atomic E-state index is 11.9. The number of ether oxygens (including phenoxy) is 1. The van der Waals surface area contributed by atoms with Crippen molar-refractivity contribution >= 4 is 17.7 Å². The van der Waals surface area contributed by atoms with Crippen molar-refractivity contribution in [3.05, 3.63) is 0 Å². The van der Waals surface area contributed by atoms with Crippen LogP contribution in [0.25, 0.3) is 0 Å². The van der Waals surface area contributed by atoms with Crippen molar-refractivity contribution in [3.63, 3.8) is 0 Å². The van der Waals surface area contributed by atoms with Crippen LogP contribution in [0.2, 0.25) is 0 Å². The quantitative estimate of drug-likeness (QED) is 0.632. The predicted molar refractivity (Wildman–Crippen MR) is 52.6 cm³/mol. The summed E-state index contributed by atoms with van der Waals surface area (Å²) in [5.41, 5.74) is 0. The van der Waals surface area contributed by atoms with Crippen molar-refractivity contribution < 1.29 is 9.53 Å². The molecule has 13 heavy (non-hydrogen) atoms. The predicted octanol–water partition coefficient (Wildman–Crippen LogP) is 0.944. The molecule has 0 radical (unpaired) electrons. The summed E-state index contributed by atoms with van der Waals surface area (Å²) in [6.45, 7) is 3.67. The Bertz CT molecular complexity index is 204. The Balaban J connectivity index is 1.95. The molecule has 2 heterocycles. The zero-order valence-electron chi connectivity index (χ0n) is 7.86. The van der Waals surface area contributed by atoms with Crippen LogP contribution in [0, 0.1) is 5.92 Å². The summed E-state index contributed by atoms with van der Waals surface area (Å²) < 4.78 is 5.39. The van der Waals surface area contributed by atoms with E-state index in [-0.39, 0.29) is 12.0 Å². The van der Waals surface area contributed by atoms with Gasteiger partial charge in [-0.05, 0) is 13.3 Å². The lowest BCUT2D eigenvalue weighted by Gasteiger charge is -2.20. The molecule has 2 atom stereocenters. The largest absolute Gasteiger partial charge is 0.378 e. The molecule has 74 valence electrons. The third kappa shape index (κ3) is 1.83. The lowest BCUT2D eigenvalue weighted by Crippen LogP contribution is -2.36. The number of hydrogen-bond acceptors (Lipinski definition) is 3. The number of hydrogen-bond donors (Lipinski definition) is 0. The molecule has 0 aromatic heterocycles. The van der Waals surface area contributed by atoms with Gasteiger partial charge in [-0.15, -0.1) is 11.8 Å². The van der Waals surface area contributed by atoms with E-state index < -0.39 is 0 Å². The van der Waals surface area contributed by atoms with Gasteiger partial charge in [-0.3, -0.25) is 4.79 Å². The lowest BCUT2D eigenvalue weighted by atomic mass is 10.0. The fraction of sp³-hybridized carbons (Fsp3) is 0.889. The first-order valence-corrected chi connectivity index (χ1v) is 5.92. The van der Waals surface area contributed by atoms with Gasteiger partial charge in [0, 0.05) is 18.9 Å². The zero-order chi connectivity index (χ0) is 9.26. The summed E-state index contributed by atoms with van der Waals surface area (Å²) >= 11 is 1.83. The van der Waals surface area contributed by atoms with Gasteiger partial charge in [0.05, 0.1) is 17.9 Å². The molecule has 0 aromatic rings. The van der Waals surface area contributed by atoms with E-state index in [1.54, 1.807) is 0 Å². The highest BCUT2D eigenvalue weighted by atomic mass is 32.2. The highest BCUT2D eigenvalue weighted by Gasteiger charge is 2.34. The molecular formula is C9H15NO2S. The van der Waals surface area contributed by atoms with E-state index in [4.69, 9.17) is 4.74 Å². The van der Waals surface area contributed by atoms with Crippen LogP contribution < -0.4 is 0 Å². The van der Waals surface area contributed by atoms with E-state index in [2.05, 4.69) is 0 Å². The van der Waals surface area contributed by atoms with Gasteiger partial charge >= 0.3 is 0 Å². The number of nitrogens with zero attached hydrogens (tertiary/aromatic N) is 1. The second-order valence-corrected chi connectivity index (χ2v) is 4.68. The summed E-state index contributed by atoms with van der Waals surface area (Å²) in [7, 11) is 0. The molecule has 0 aliphatic carbocycles. The number of carbonyl (C=O) groups is 1. The Kier molecular flexibility index (Phi) is 2.79. The molecule has 3 nitrogen and oxygen atoms in total. The van der Waals surface area contributed by atoms with Crippen molar-refractivity contribution in [1.82, 2.24) is 4.90 Å². The van der Waals surface area contributed by atoms with E-state index in [1.165, 1.54) is 0 Å². The van der Waals surface area contributed by atoms with Crippen LogP contribution in [0.3, 0.4) is 0 Å². The van der Waals surface area contributed by atoms with Crippen molar-refractivity contribution in [3.8, 4) is 0 Å². The first-order valence-electron chi connectivity index (χ1n) is 4.77. The fourth-order valence-corrected chi connectivity index (χ4v) is 2.83. The number of carbonyl (C=O) groups excluding carboxylic acids is 1. The van der Waals surface area contributed by atoms with E-state index >= 15 is 0 Å². The molecule has 2 saturated heterocycles. The number of rotatable bonds is 1. The maximum absolute atomic E-state index is 11.9. The van der Waals surface area contributed by atoms with Crippen molar-refractivity contribution in [2.24, 2.45) is 5.92 Å². The maximum Gasteiger partial charge on any atom is 0.229 e. The van der Waals surface area contributed by atoms with Gasteiger partial charge in [0.25, 0.3) is 0 Å². The number of amides is 1. The smallest absolute Gasteiger partial charge is 0.229 e. The highest BCUT2D eigenvalue weighted by molar-refractivity contribution is 7.99. The minimum atomic E-state index is 0.123. The van der Waals surface area contributed by atoms with E-state index in [0.717, 1.165) is 31.2 Å². The van der Waals surface area contributed by atoms with Crippen molar-refractivity contribution in [2.75, 3.05) is 24.8 Å². The van der Waals surface area contributed by atoms with Crippen molar-refractivity contribution in [1.29, 1.82) is 0 Å². The van der Waals surface area contributed by atoms with Crippen LogP contribution in [0.5, 0.6) is 0 Å². The van der Waals surface area contributed by atoms with E-state index in [9.17, 15) is 4.79 Å². The summed E-state index contributed by atoms with van der Waals surface area (Å²) in [5.74, 6) is 2.39. The summed E-state index contributed by atoms with van der Waals surface area (Å²) in [6, 6.07) is 0. The molecule has 2 fully saturated rings. The van der Waals surface area contributed by atoms with Gasteiger partial charge in [0.15, 0.2) is 0 Å². The third-order valence-electron chi connectivity index (χ3n) is 2.76. The monoisotopic (exact) mass is 201 g/mol. The minimum absolute atomic E-state index is 0.123. The third-order valence-corrected chi connectivity index (χ3v) is 3.72. The average molecular weight is 201 g/mol. The first kappa shape index (κ1) is 9.34. The molecule has 0 saturated carbocycles. The van der Waals surface area contributed by atoms with Gasteiger partial charge in [-0.2, -0.15) is 0 Å². The van der Waals surface area contributed by atoms with Gasteiger partial charge in [-0.25, -0.2) is 0 Å². The Morgan fingerprint density at radius 2 is 2.46 bits per heavy atom. The summed E-state index contributed by atoms with van der Waals surface area (Å²) in [6.07, 6.45) is 1.03. The van der Waals surface area contributed by atoms with E-state index in [0.29, 0.717) is 5.91 Å². The first-order chi connectivity index (χ1) is 6.29. The van der Waals surface area contributed by atoms with Gasteiger partial charge in [0.1, 0.15) is 0 Å². The van der Waals surface area contributed by atoms with Gasteiger partial charge in [-0.1, -0.05) is 0 Å². The van der Waals surface area contributed by atoms with E-state index in [1.807, 2.05) is 23.6 Å². The fourth-order valence-electron chi connectivity index (χ4n) is 1.88. The van der Waals surface area contributed by atoms with Crippen LogP contribution >= 0.6 is 11.8 Å². The van der Waals surface area contributed by atoms with Crippen LogP contribution in [0.15, 0.2) is 0 Å². The molecule has 0 bridgehead atoms. The van der Waals surface area contributed by atoms with Crippen LogP contribution in [0.1, 0.15) is 13.3 Å². The second kappa shape index (κ2) is 3.88. The highest BCUT2D eigenvalue weighted by Crippen LogP contribution is 2.25. The molecular weight excluding hydrogens is 186 g/mol. The van der Waals surface area contributed by atoms with Crippen LogP contribution in [-0.4, -0.2) is 41.7 Å².